The quantitative estimate of drug-likeness (QED) is 0.914. The molecule has 0 radical (unpaired) electrons. The predicted molar refractivity (Wildman–Crippen MR) is 88.5 cm³/mol. The number of hydrogen-bond donors (Lipinski definition) is 1. The Bertz CT molecular complexity index is 741. The summed E-state index contributed by atoms with van der Waals surface area (Å²) >= 11 is 0. The smallest absolute Gasteiger partial charge is 0.244 e. The minimum Gasteiger partial charge on any atom is -0.493 e. The molecule has 0 aliphatic carbocycles. The highest BCUT2D eigenvalue weighted by atomic mass is 16.7. The van der Waals surface area contributed by atoms with Gasteiger partial charge in [0.15, 0.2) is 17.3 Å². The van der Waals surface area contributed by atoms with E-state index in [0.717, 1.165) is 11.1 Å². The van der Waals surface area contributed by atoms with Crippen LogP contribution in [0, 0.1) is 0 Å². The highest BCUT2D eigenvalue weighted by Crippen LogP contribution is 2.46. The lowest BCUT2D eigenvalue weighted by atomic mass is 9.91. The van der Waals surface area contributed by atoms with Gasteiger partial charge in [-0.05, 0) is 12.5 Å². The molecule has 2 aromatic carbocycles. The van der Waals surface area contributed by atoms with Crippen LogP contribution in [0.5, 0.6) is 11.5 Å². The molecule has 126 valence electrons. The van der Waals surface area contributed by atoms with Crippen LogP contribution in [0.1, 0.15) is 27.9 Å². The van der Waals surface area contributed by atoms with Gasteiger partial charge < -0.3 is 19.3 Å². The van der Waals surface area contributed by atoms with Crippen LogP contribution < -0.4 is 9.47 Å². The molecule has 5 nitrogen and oxygen atoms in total. The predicted octanol–water partition coefficient (Wildman–Crippen LogP) is 2.69. The Morgan fingerprint density at radius 2 is 1.92 bits per heavy atom. The third-order valence-electron chi connectivity index (χ3n) is 4.28. The average Bonchev–Trinajstić information content (AvgIpc) is 2.62. The molecule has 1 atom stereocenters. The zero-order valence-corrected chi connectivity index (χ0v) is 13.7. The van der Waals surface area contributed by atoms with Gasteiger partial charge >= 0.3 is 0 Å². The minimum absolute atomic E-state index is 0.0167. The van der Waals surface area contributed by atoms with Crippen molar-refractivity contribution in [1.82, 2.24) is 0 Å². The Balaban J connectivity index is 2.14. The number of benzene rings is 2. The standard InChI is InChI=1S/C19H20O5/c1-22-17-13(10-11-20)8-9-15-16(21)12-19(23-2,24-18(15)17)14-6-4-3-5-7-14/h3-9,20H,10-12H2,1-2H3. The summed E-state index contributed by atoms with van der Waals surface area (Å²) < 4.78 is 17.3. The molecule has 1 heterocycles. The monoisotopic (exact) mass is 328 g/mol. The molecule has 0 aromatic heterocycles. The largest absolute Gasteiger partial charge is 0.493 e. The van der Waals surface area contributed by atoms with E-state index in [-0.39, 0.29) is 18.8 Å². The highest BCUT2D eigenvalue weighted by molar-refractivity contribution is 6.01. The number of Topliss-reactive ketones (excluding diaryl/α,β-unsaturated/α-hetero) is 1. The molecule has 1 N–H and O–H groups in total. The SMILES string of the molecule is COc1c(CCO)ccc2c1OC(OC)(c1ccccc1)CC2=O. The molecule has 0 saturated carbocycles. The van der Waals surface area contributed by atoms with Crippen LogP contribution in [0.3, 0.4) is 0 Å². The van der Waals surface area contributed by atoms with E-state index in [1.807, 2.05) is 30.3 Å². The number of aliphatic hydroxyl groups excluding tert-OH is 1. The number of aliphatic hydroxyl groups is 1. The molecular formula is C19H20O5. The van der Waals surface area contributed by atoms with Crippen molar-refractivity contribution >= 4 is 5.78 Å². The Labute approximate surface area is 140 Å². The number of hydrogen-bond acceptors (Lipinski definition) is 5. The number of ketones is 1. The Hall–Kier alpha value is -2.37. The third kappa shape index (κ3) is 2.66. The first-order valence-electron chi connectivity index (χ1n) is 7.79. The summed E-state index contributed by atoms with van der Waals surface area (Å²) in [4.78, 5) is 12.7. The van der Waals surface area contributed by atoms with Crippen LogP contribution in [0.25, 0.3) is 0 Å². The van der Waals surface area contributed by atoms with Gasteiger partial charge in [-0.2, -0.15) is 0 Å². The second-order valence-corrected chi connectivity index (χ2v) is 5.63. The summed E-state index contributed by atoms with van der Waals surface area (Å²) in [5, 5.41) is 9.23. The van der Waals surface area contributed by atoms with Crippen molar-refractivity contribution in [3.63, 3.8) is 0 Å². The van der Waals surface area contributed by atoms with Gasteiger partial charge in [0.1, 0.15) is 0 Å². The summed E-state index contributed by atoms with van der Waals surface area (Å²) in [6.45, 7) is -0.0167. The van der Waals surface area contributed by atoms with E-state index < -0.39 is 5.79 Å². The van der Waals surface area contributed by atoms with Crippen molar-refractivity contribution in [3.8, 4) is 11.5 Å². The van der Waals surface area contributed by atoms with Crippen LogP contribution in [-0.2, 0) is 16.9 Å². The van der Waals surface area contributed by atoms with Crippen molar-refractivity contribution in [3.05, 3.63) is 59.2 Å². The summed E-state index contributed by atoms with van der Waals surface area (Å²) in [5.74, 6) is -0.427. The molecule has 0 fully saturated rings. The van der Waals surface area contributed by atoms with E-state index in [1.165, 1.54) is 14.2 Å². The lowest BCUT2D eigenvalue weighted by Crippen LogP contribution is -2.41. The second-order valence-electron chi connectivity index (χ2n) is 5.63. The molecule has 1 unspecified atom stereocenters. The van der Waals surface area contributed by atoms with Crippen molar-refractivity contribution < 1.29 is 24.1 Å². The summed E-state index contributed by atoms with van der Waals surface area (Å²) in [6, 6.07) is 12.9. The molecule has 2 aromatic rings. The molecule has 3 rings (SSSR count). The first kappa shape index (κ1) is 16.5. The maximum absolute atomic E-state index is 12.7. The first-order valence-corrected chi connectivity index (χ1v) is 7.79. The number of carbonyl (C=O) groups is 1. The number of carbonyl (C=O) groups excluding carboxylic acids is 1. The van der Waals surface area contributed by atoms with Gasteiger partial charge in [-0.25, -0.2) is 0 Å². The van der Waals surface area contributed by atoms with E-state index in [4.69, 9.17) is 14.2 Å². The molecule has 1 aliphatic rings. The fraction of sp³-hybridized carbons (Fsp3) is 0.316. The topological polar surface area (TPSA) is 65.0 Å². The minimum atomic E-state index is -1.18. The second kappa shape index (κ2) is 6.63. The number of ether oxygens (including phenoxy) is 3. The Morgan fingerprint density at radius 1 is 1.17 bits per heavy atom. The fourth-order valence-corrected chi connectivity index (χ4v) is 3.06. The van der Waals surface area contributed by atoms with E-state index in [1.54, 1.807) is 12.1 Å². The molecule has 0 spiro atoms. The van der Waals surface area contributed by atoms with Crippen molar-refractivity contribution in [2.75, 3.05) is 20.8 Å². The normalized spacial score (nSPS) is 19.5. The van der Waals surface area contributed by atoms with Crippen LogP contribution in [0.2, 0.25) is 0 Å². The molecule has 1 aliphatic heterocycles. The van der Waals surface area contributed by atoms with Crippen LogP contribution in [-0.4, -0.2) is 31.7 Å². The van der Waals surface area contributed by atoms with E-state index in [9.17, 15) is 9.90 Å². The highest BCUT2D eigenvalue weighted by Gasteiger charge is 2.44. The van der Waals surface area contributed by atoms with Crippen molar-refractivity contribution in [2.45, 2.75) is 18.6 Å². The van der Waals surface area contributed by atoms with Crippen molar-refractivity contribution in [2.24, 2.45) is 0 Å². The average molecular weight is 328 g/mol. The summed E-state index contributed by atoms with van der Waals surface area (Å²) in [6.07, 6.45) is 0.502. The zero-order chi connectivity index (χ0) is 17.2. The van der Waals surface area contributed by atoms with Gasteiger partial charge in [0, 0.05) is 24.8 Å². The molecule has 24 heavy (non-hydrogen) atoms. The van der Waals surface area contributed by atoms with Gasteiger partial charge in [0.05, 0.1) is 19.1 Å². The van der Waals surface area contributed by atoms with Crippen LogP contribution in [0.15, 0.2) is 42.5 Å². The molecule has 0 saturated heterocycles. The molecule has 0 amide bonds. The third-order valence-corrected chi connectivity index (χ3v) is 4.28. The first-order chi connectivity index (χ1) is 11.6. The number of methoxy groups -OCH3 is 2. The number of fused-ring (bicyclic) bond motifs is 1. The van der Waals surface area contributed by atoms with Crippen LogP contribution in [0.4, 0.5) is 0 Å². The van der Waals surface area contributed by atoms with Gasteiger partial charge in [0.25, 0.3) is 0 Å². The number of rotatable bonds is 5. The van der Waals surface area contributed by atoms with Gasteiger partial charge in [-0.1, -0.05) is 36.4 Å². The van der Waals surface area contributed by atoms with E-state index >= 15 is 0 Å². The Kier molecular flexibility index (Phi) is 4.55. The van der Waals surface area contributed by atoms with Crippen molar-refractivity contribution in [1.29, 1.82) is 0 Å². The van der Waals surface area contributed by atoms with E-state index in [0.29, 0.717) is 23.5 Å². The fourth-order valence-electron chi connectivity index (χ4n) is 3.06. The Morgan fingerprint density at radius 3 is 2.54 bits per heavy atom. The summed E-state index contributed by atoms with van der Waals surface area (Å²) in [7, 11) is 3.05. The van der Waals surface area contributed by atoms with Gasteiger partial charge in [-0.3, -0.25) is 4.79 Å². The molecule has 5 heteroatoms. The lowest BCUT2D eigenvalue weighted by molar-refractivity contribution is -0.174. The maximum atomic E-state index is 12.7. The summed E-state index contributed by atoms with van der Waals surface area (Å²) in [5.41, 5.74) is 2.02. The van der Waals surface area contributed by atoms with Gasteiger partial charge in [0.2, 0.25) is 5.79 Å². The van der Waals surface area contributed by atoms with Gasteiger partial charge in [-0.15, -0.1) is 0 Å². The van der Waals surface area contributed by atoms with Crippen LogP contribution >= 0.6 is 0 Å². The lowest BCUT2D eigenvalue weighted by Gasteiger charge is -2.37. The maximum Gasteiger partial charge on any atom is 0.244 e. The van der Waals surface area contributed by atoms with E-state index in [2.05, 4.69) is 0 Å². The zero-order valence-electron chi connectivity index (χ0n) is 13.7. The molecular weight excluding hydrogens is 308 g/mol. The molecule has 0 bridgehead atoms.